The average molecular weight is 538 g/mol. The van der Waals surface area contributed by atoms with Gasteiger partial charge in [-0.1, -0.05) is 0 Å². The maximum atomic E-state index is 10.9. The molecule has 0 fully saturated rings. The summed E-state index contributed by atoms with van der Waals surface area (Å²) in [7, 11) is 0. The van der Waals surface area contributed by atoms with Gasteiger partial charge in [0.2, 0.25) is 0 Å². The first-order chi connectivity index (χ1) is 9.75. The van der Waals surface area contributed by atoms with Crippen molar-refractivity contribution in [2.45, 2.75) is 0 Å². The SMILES string of the molecule is O=c1ccnc2nc[nH]n12.O=c1ccnc2nc[nH]n12.[Cl-].[Cl-].[Pt+2]. The van der Waals surface area contributed by atoms with Gasteiger partial charge < -0.3 is 24.8 Å². The molecule has 0 unspecified atom stereocenters. The molecule has 4 aromatic heterocycles. The number of rotatable bonds is 0. The molecule has 0 amide bonds. The van der Waals surface area contributed by atoms with E-state index in [4.69, 9.17) is 0 Å². The molecule has 0 saturated heterocycles. The van der Waals surface area contributed by atoms with Crippen LogP contribution < -0.4 is 35.9 Å². The first-order valence-electron chi connectivity index (χ1n) is 5.50. The van der Waals surface area contributed by atoms with Gasteiger partial charge in [-0.05, 0) is 0 Å². The van der Waals surface area contributed by atoms with E-state index in [9.17, 15) is 9.59 Å². The summed E-state index contributed by atoms with van der Waals surface area (Å²) < 4.78 is 2.53. The monoisotopic (exact) mass is 537 g/mol. The molecule has 10 nitrogen and oxygen atoms in total. The summed E-state index contributed by atoms with van der Waals surface area (Å²) in [5, 5.41) is 5.24. The summed E-state index contributed by atoms with van der Waals surface area (Å²) in [5.74, 6) is 0.792. The molecule has 0 radical (unpaired) electrons. The Balaban J connectivity index is 0.000000372. The standard InChI is InChI=1S/2C5H4N4O.2ClH.Pt/c2*10-4-1-2-6-5-7-3-8-9(4)5;;;/h2*1-3H,(H,6,7,8);2*1H;/q;;;;+2/p-2. The molecule has 0 aliphatic rings. The molecule has 0 saturated carbocycles. The quantitative estimate of drug-likeness (QED) is 0.229. The van der Waals surface area contributed by atoms with Gasteiger partial charge in [0.05, 0.1) is 0 Å². The average Bonchev–Trinajstić information content (AvgIpc) is 3.08. The van der Waals surface area contributed by atoms with E-state index in [1.807, 2.05) is 0 Å². The molecule has 2 N–H and O–H groups in total. The number of hydrogen-bond donors (Lipinski definition) is 2. The Bertz CT molecular complexity index is 897. The molecule has 0 bridgehead atoms. The van der Waals surface area contributed by atoms with Crippen molar-refractivity contribution in [1.82, 2.24) is 39.2 Å². The van der Waals surface area contributed by atoms with Crippen LogP contribution in [-0.2, 0) is 21.1 Å². The van der Waals surface area contributed by atoms with Gasteiger partial charge >= 0.3 is 21.1 Å². The van der Waals surface area contributed by atoms with E-state index in [2.05, 4.69) is 30.1 Å². The Hall–Kier alpha value is -2.03. The van der Waals surface area contributed by atoms with Crippen molar-refractivity contribution in [1.29, 1.82) is 0 Å². The molecule has 0 aromatic carbocycles. The largest absolute Gasteiger partial charge is 2.00 e. The van der Waals surface area contributed by atoms with E-state index < -0.39 is 0 Å². The molecule has 4 rings (SSSR count). The fraction of sp³-hybridized carbons (Fsp3) is 0. The summed E-state index contributed by atoms with van der Waals surface area (Å²) >= 11 is 0. The molecule has 23 heavy (non-hydrogen) atoms. The van der Waals surface area contributed by atoms with Crippen molar-refractivity contribution < 1.29 is 45.9 Å². The van der Waals surface area contributed by atoms with Crippen LogP contribution in [0.4, 0.5) is 0 Å². The molecule has 0 aliphatic heterocycles. The van der Waals surface area contributed by atoms with Gasteiger partial charge in [0, 0.05) is 24.5 Å². The normalized spacial score (nSPS) is 9.04. The van der Waals surface area contributed by atoms with Gasteiger partial charge in [0.25, 0.3) is 22.7 Å². The number of nitrogens with zero attached hydrogens (tertiary/aromatic N) is 6. The minimum absolute atomic E-state index is 0. The van der Waals surface area contributed by atoms with Crippen LogP contribution in [0.3, 0.4) is 0 Å². The van der Waals surface area contributed by atoms with Crippen LogP contribution in [0.2, 0.25) is 0 Å². The molecule has 13 heteroatoms. The van der Waals surface area contributed by atoms with Crippen LogP contribution in [0.25, 0.3) is 11.6 Å². The fourth-order valence-corrected chi connectivity index (χ4v) is 1.51. The first-order valence-corrected chi connectivity index (χ1v) is 5.50. The van der Waals surface area contributed by atoms with E-state index in [0.29, 0.717) is 11.6 Å². The van der Waals surface area contributed by atoms with E-state index >= 15 is 0 Å². The van der Waals surface area contributed by atoms with Crippen LogP contribution in [0.1, 0.15) is 0 Å². The summed E-state index contributed by atoms with van der Waals surface area (Å²) in [6.07, 6.45) is 5.70. The maximum Gasteiger partial charge on any atom is 2.00 e. The zero-order chi connectivity index (χ0) is 13.9. The van der Waals surface area contributed by atoms with E-state index in [1.54, 1.807) is 0 Å². The fourth-order valence-electron chi connectivity index (χ4n) is 1.51. The second-order valence-corrected chi connectivity index (χ2v) is 3.61. The van der Waals surface area contributed by atoms with Crippen molar-refractivity contribution in [3.8, 4) is 0 Å². The predicted molar refractivity (Wildman–Crippen MR) is 67.2 cm³/mol. The summed E-state index contributed by atoms with van der Waals surface area (Å²) in [4.78, 5) is 37.0. The minimum atomic E-state index is -0.150. The first kappa shape index (κ1) is 21.0. The second kappa shape index (κ2) is 9.18. The van der Waals surface area contributed by atoms with Crippen molar-refractivity contribution in [3.63, 3.8) is 0 Å². The van der Waals surface area contributed by atoms with E-state index in [0.717, 1.165) is 0 Å². The molecule has 0 aliphatic carbocycles. The summed E-state index contributed by atoms with van der Waals surface area (Å²) in [6.45, 7) is 0. The third kappa shape index (κ3) is 4.47. The predicted octanol–water partition coefficient (Wildman–Crippen LogP) is -7.16. The zero-order valence-corrected chi connectivity index (χ0v) is 14.8. The van der Waals surface area contributed by atoms with Gasteiger partial charge in [-0.15, -0.1) is 0 Å². The molecular weight excluding hydrogens is 530 g/mol. The Labute approximate surface area is 154 Å². The van der Waals surface area contributed by atoms with Crippen molar-refractivity contribution >= 4 is 11.6 Å². The topological polar surface area (TPSA) is 126 Å². The number of fused-ring (bicyclic) bond motifs is 2. The summed E-state index contributed by atoms with van der Waals surface area (Å²) in [5.41, 5.74) is -0.301. The van der Waals surface area contributed by atoms with Crippen LogP contribution in [-0.4, -0.2) is 39.2 Å². The second-order valence-electron chi connectivity index (χ2n) is 3.61. The molecule has 0 atom stereocenters. The number of aromatic nitrogens is 8. The van der Waals surface area contributed by atoms with Crippen molar-refractivity contribution in [2.24, 2.45) is 0 Å². The molecule has 0 spiro atoms. The molecule has 124 valence electrons. The van der Waals surface area contributed by atoms with E-state index in [1.165, 1.54) is 46.2 Å². The minimum Gasteiger partial charge on any atom is -1.00 e. The Morgan fingerprint density at radius 2 is 1.13 bits per heavy atom. The van der Waals surface area contributed by atoms with Crippen LogP contribution in [0.5, 0.6) is 0 Å². The Kier molecular flexibility index (Phi) is 8.37. The Morgan fingerprint density at radius 3 is 1.48 bits per heavy atom. The van der Waals surface area contributed by atoms with Crippen LogP contribution in [0.15, 0.2) is 46.8 Å². The van der Waals surface area contributed by atoms with Gasteiger partial charge in [-0.25, -0.2) is 19.9 Å². The third-order valence-corrected chi connectivity index (χ3v) is 2.39. The van der Waals surface area contributed by atoms with Crippen LogP contribution >= 0.6 is 0 Å². The van der Waals surface area contributed by atoms with Crippen molar-refractivity contribution in [2.75, 3.05) is 0 Å². The number of nitrogens with one attached hydrogen (secondary N) is 2. The molecule has 4 aromatic rings. The number of hydrogen-bond acceptors (Lipinski definition) is 6. The van der Waals surface area contributed by atoms with Gasteiger partial charge in [-0.3, -0.25) is 19.8 Å². The van der Waals surface area contributed by atoms with Gasteiger partial charge in [-0.2, -0.15) is 9.03 Å². The number of aromatic amines is 2. The summed E-state index contributed by atoms with van der Waals surface area (Å²) in [6, 6.07) is 2.73. The van der Waals surface area contributed by atoms with Gasteiger partial charge in [0.1, 0.15) is 12.7 Å². The van der Waals surface area contributed by atoms with Crippen LogP contribution in [0, 0.1) is 0 Å². The van der Waals surface area contributed by atoms with E-state index in [-0.39, 0.29) is 57.0 Å². The maximum absolute atomic E-state index is 10.9. The smallest absolute Gasteiger partial charge is 1.00 e. The van der Waals surface area contributed by atoms with Gasteiger partial charge in [0.15, 0.2) is 0 Å². The molecular formula is C10H8Cl2N8O2Pt. The third-order valence-electron chi connectivity index (χ3n) is 2.39. The zero-order valence-electron chi connectivity index (χ0n) is 11.0. The Morgan fingerprint density at radius 1 is 0.739 bits per heavy atom. The number of halogens is 2. The number of H-pyrrole nitrogens is 2. The van der Waals surface area contributed by atoms with Crippen molar-refractivity contribution in [3.05, 3.63) is 57.9 Å². The molecule has 4 heterocycles.